The number of aromatic nitrogens is 3. The lowest BCUT2D eigenvalue weighted by molar-refractivity contribution is 0.476. The summed E-state index contributed by atoms with van der Waals surface area (Å²) in [7, 11) is 8.17. The molecule has 0 aliphatic rings. The second-order valence-corrected chi connectivity index (χ2v) is 7.49. The summed E-state index contributed by atoms with van der Waals surface area (Å²) in [6, 6.07) is 21.7. The Balaban J connectivity index is 1.86. The summed E-state index contributed by atoms with van der Waals surface area (Å²) in [5, 5.41) is 14.5. The summed E-state index contributed by atoms with van der Waals surface area (Å²) in [5.41, 5.74) is 4.83. The zero-order valence-electron chi connectivity index (χ0n) is 16.4. The van der Waals surface area contributed by atoms with E-state index in [-0.39, 0.29) is 5.75 Å². The van der Waals surface area contributed by atoms with Gasteiger partial charge in [0.25, 0.3) is 0 Å². The van der Waals surface area contributed by atoms with Crippen molar-refractivity contribution >= 4 is 64.3 Å². The van der Waals surface area contributed by atoms with Crippen molar-refractivity contribution in [3.63, 3.8) is 0 Å². The van der Waals surface area contributed by atoms with Crippen LogP contribution in [0.3, 0.4) is 0 Å². The summed E-state index contributed by atoms with van der Waals surface area (Å²) >= 11 is 0. The second-order valence-electron chi connectivity index (χ2n) is 7.49. The highest BCUT2D eigenvalue weighted by Crippen LogP contribution is 2.37. The van der Waals surface area contributed by atoms with E-state index in [0.717, 1.165) is 49.4 Å². The maximum atomic E-state index is 10.2. The molecule has 3 aromatic carbocycles. The molecule has 4 nitrogen and oxygen atoms in total. The fourth-order valence-electron chi connectivity index (χ4n) is 4.63. The number of pyridine rings is 1. The van der Waals surface area contributed by atoms with Gasteiger partial charge in [0, 0.05) is 44.8 Å². The number of rotatable bonds is 2. The Bertz CT molecular complexity index is 1610. The monoisotopic (exact) mass is 384 g/mol. The Kier molecular flexibility index (Phi) is 3.54. The molecular weight excluding hydrogens is 368 g/mol. The fraction of sp³-hybridized carbons (Fsp3) is 0.0417. The summed E-state index contributed by atoms with van der Waals surface area (Å²) in [6.45, 7) is 2.03. The van der Waals surface area contributed by atoms with Crippen LogP contribution >= 0.6 is 0 Å². The van der Waals surface area contributed by atoms with Gasteiger partial charge in [0.15, 0.2) is 0 Å². The number of hydrogen-bond donors (Lipinski definition) is 1. The maximum absolute atomic E-state index is 10.2. The molecule has 0 unspecified atom stereocenters. The van der Waals surface area contributed by atoms with Crippen LogP contribution in [0.1, 0.15) is 0 Å². The van der Waals surface area contributed by atoms with Crippen LogP contribution in [0.4, 0.5) is 0 Å². The van der Waals surface area contributed by atoms with Gasteiger partial charge in [-0.15, -0.1) is 0 Å². The molecule has 0 saturated heterocycles. The van der Waals surface area contributed by atoms with Crippen LogP contribution in [0, 0.1) is 0 Å². The average Bonchev–Trinajstić information content (AvgIpc) is 3.25. The number of benzene rings is 3. The first-order valence-electron chi connectivity index (χ1n) is 9.87. The van der Waals surface area contributed by atoms with Crippen LogP contribution in [0.2, 0.25) is 6.82 Å². The van der Waals surface area contributed by atoms with Gasteiger partial charge in [0.2, 0.25) is 7.41 Å². The van der Waals surface area contributed by atoms with Gasteiger partial charge in [0.05, 0.1) is 11.0 Å². The van der Waals surface area contributed by atoms with Crippen molar-refractivity contribution in [1.82, 2.24) is 14.0 Å². The van der Waals surface area contributed by atoms with E-state index in [4.69, 9.17) is 12.8 Å². The number of fused-ring (bicyclic) bond motifs is 6. The SMILES string of the molecule is [B]c1ccc2c(c1)c1ccc(O)cc1n2-c1nccc2c1c1ccccc1n2[B]C. The molecule has 6 heteroatoms. The predicted octanol–water partition coefficient (Wildman–Crippen LogP) is 4.30. The fourth-order valence-corrected chi connectivity index (χ4v) is 4.63. The van der Waals surface area contributed by atoms with Gasteiger partial charge in [-0.25, -0.2) is 4.98 Å². The molecule has 0 bridgehead atoms. The smallest absolute Gasteiger partial charge is 0.249 e. The van der Waals surface area contributed by atoms with Gasteiger partial charge < -0.3 is 9.58 Å². The van der Waals surface area contributed by atoms with E-state index in [1.165, 1.54) is 0 Å². The first-order chi connectivity index (χ1) is 14.7. The van der Waals surface area contributed by atoms with Gasteiger partial charge in [-0.2, -0.15) is 0 Å². The lowest BCUT2D eigenvalue weighted by Gasteiger charge is -2.10. The molecule has 0 saturated carbocycles. The van der Waals surface area contributed by atoms with Crippen LogP contribution in [0.15, 0.2) is 72.9 Å². The third-order valence-corrected chi connectivity index (χ3v) is 5.85. The minimum atomic E-state index is 0.219. The standard InChI is InChI=1S/C24H16B2N3O/c1-26-29-20-5-3-2-4-17(20)23-21(29)10-11-27-24(23)28-19-9-6-14(25)12-18(19)16-8-7-15(30)13-22(16)28/h2-13,30H,1H3. The van der Waals surface area contributed by atoms with Crippen molar-refractivity contribution < 1.29 is 5.11 Å². The van der Waals surface area contributed by atoms with Crippen molar-refractivity contribution in [2.75, 3.05) is 0 Å². The van der Waals surface area contributed by atoms with E-state index in [9.17, 15) is 5.11 Å². The van der Waals surface area contributed by atoms with Gasteiger partial charge in [-0.1, -0.05) is 42.6 Å². The molecule has 3 radical (unpaired) electrons. The summed E-state index contributed by atoms with van der Waals surface area (Å²) in [4.78, 5) is 4.82. The number of para-hydroxylation sites is 1. The number of nitrogens with zero attached hydrogens (tertiary/aromatic N) is 3. The van der Waals surface area contributed by atoms with E-state index in [2.05, 4.69) is 40.7 Å². The minimum absolute atomic E-state index is 0.219. The third-order valence-electron chi connectivity index (χ3n) is 5.85. The molecular formula is C24H16B2N3O. The molecule has 3 aromatic heterocycles. The molecule has 1 N–H and O–H groups in total. The highest BCUT2D eigenvalue weighted by atomic mass is 16.3. The molecule has 6 aromatic rings. The number of aromatic hydroxyl groups is 1. The molecule has 0 aliphatic carbocycles. The van der Waals surface area contributed by atoms with Gasteiger partial charge in [-0.3, -0.25) is 4.57 Å². The largest absolute Gasteiger partial charge is 0.508 e. The van der Waals surface area contributed by atoms with Crippen molar-refractivity contribution in [3.05, 3.63) is 72.9 Å². The molecule has 0 fully saturated rings. The normalized spacial score (nSPS) is 11.8. The predicted molar refractivity (Wildman–Crippen MR) is 126 cm³/mol. The molecule has 3 heterocycles. The zero-order valence-corrected chi connectivity index (χ0v) is 16.4. The van der Waals surface area contributed by atoms with Gasteiger partial charge in [0.1, 0.15) is 19.4 Å². The topological polar surface area (TPSA) is 43.0 Å². The van der Waals surface area contributed by atoms with E-state index in [1.807, 2.05) is 43.4 Å². The Morgan fingerprint density at radius 3 is 2.57 bits per heavy atom. The Morgan fingerprint density at radius 2 is 1.70 bits per heavy atom. The minimum Gasteiger partial charge on any atom is -0.508 e. The van der Waals surface area contributed by atoms with E-state index in [1.54, 1.807) is 12.1 Å². The van der Waals surface area contributed by atoms with E-state index >= 15 is 0 Å². The maximum Gasteiger partial charge on any atom is 0.249 e. The molecule has 6 rings (SSSR count). The molecule has 0 aliphatic heterocycles. The molecule has 30 heavy (non-hydrogen) atoms. The van der Waals surface area contributed by atoms with Crippen molar-refractivity contribution in [1.29, 1.82) is 0 Å². The lowest BCUT2D eigenvalue weighted by Crippen LogP contribution is -2.03. The highest BCUT2D eigenvalue weighted by molar-refractivity contribution is 6.38. The van der Waals surface area contributed by atoms with Crippen molar-refractivity contribution in [2.45, 2.75) is 6.82 Å². The second kappa shape index (κ2) is 6.17. The summed E-state index contributed by atoms with van der Waals surface area (Å²) in [5.74, 6) is 1.05. The summed E-state index contributed by atoms with van der Waals surface area (Å²) in [6.07, 6.45) is 1.84. The molecule has 0 amide bonds. The molecule has 139 valence electrons. The average molecular weight is 384 g/mol. The third kappa shape index (κ3) is 2.22. The number of phenols is 1. The lowest BCUT2D eigenvalue weighted by atomic mass is 9.94. The van der Waals surface area contributed by atoms with Crippen LogP contribution < -0.4 is 5.46 Å². The zero-order chi connectivity index (χ0) is 20.4. The van der Waals surface area contributed by atoms with Crippen molar-refractivity contribution in [3.8, 4) is 11.6 Å². The quantitative estimate of drug-likeness (QED) is 0.453. The highest BCUT2D eigenvalue weighted by Gasteiger charge is 2.19. The van der Waals surface area contributed by atoms with Gasteiger partial charge >= 0.3 is 0 Å². The van der Waals surface area contributed by atoms with Crippen LogP contribution in [-0.2, 0) is 0 Å². The number of hydrogen-bond acceptors (Lipinski definition) is 2. The molecule has 0 atom stereocenters. The Labute approximate surface area is 175 Å². The van der Waals surface area contributed by atoms with Crippen LogP contribution in [-0.4, -0.2) is 34.4 Å². The van der Waals surface area contributed by atoms with Gasteiger partial charge in [-0.05, 0) is 30.3 Å². The van der Waals surface area contributed by atoms with Crippen molar-refractivity contribution in [2.24, 2.45) is 0 Å². The Morgan fingerprint density at radius 1 is 0.833 bits per heavy atom. The number of phenolic OH excluding ortho intramolecular Hbond substituents is 1. The van der Waals surface area contributed by atoms with Crippen LogP contribution in [0.5, 0.6) is 5.75 Å². The van der Waals surface area contributed by atoms with E-state index < -0.39 is 0 Å². The first-order valence-corrected chi connectivity index (χ1v) is 9.87. The Hall–Kier alpha value is -3.66. The van der Waals surface area contributed by atoms with Crippen LogP contribution in [0.25, 0.3) is 49.4 Å². The molecule has 0 spiro atoms. The first kappa shape index (κ1) is 17.2. The summed E-state index contributed by atoms with van der Waals surface area (Å²) < 4.78 is 4.32. The van der Waals surface area contributed by atoms with E-state index in [0.29, 0.717) is 5.46 Å².